The maximum atomic E-state index is 13.0. The van der Waals surface area contributed by atoms with Gasteiger partial charge in [0.05, 0.1) is 24.7 Å². The second kappa shape index (κ2) is 9.24. The predicted octanol–water partition coefficient (Wildman–Crippen LogP) is 2.33. The summed E-state index contributed by atoms with van der Waals surface area (Å²) in [5.74, 6) is 0.551. The van der Waals surface area contributed by atoms with Crippen LogP contribution in [0.4, 0.5) is 0 Å². The lowest BCUT2D eigenvalue weighted by molar-refractivity contribution is -0.147. The molecule has 8 heteroatoms. The van der Waals surface area contributed by atoms with E-state index in [1.165, 1.54) is 51.3 Å². The molecule has 0 unspecified atom stereocenters. The molecule has 0 spiro atoms. The van der Waals surface area contributed by atoms with Crippen LogP contribution < -0.4 is 4.74 Å². The van der Waals surface area contributed by atoms with E-state index in [4.69, 9.17) is 9.47 Å². The number of carbonyl (C=O) groups is 1. The molecule has 1 aliphatic heterocycles. The summed E-state index contributed by atoms with van der Waals surface area (Å²) in [6.07, 6.45) is 5.76. The third-order valence-electron chi connectivity index (χ3n) is 5.64. The van der Waals surface area contributed by atoms with Gasteiger partial charge in [-0.1, -0.05) is 19.3 Å². The first-order valence-corrected chi connectivity index (χ1v) is 11.4. The van der Waals surface area contributed by atoms with Gasteiger partial charge in [-0.25, -0.2) is 8.42 Å². The Morgan fingerprint density at radius 1 is 1.14 bits per heavy atom. The van der Waals surface area contributed by atoms with Gasteiger partial charge < -0.3 is 14.6 Å². The van der Waals surface area contributed by atoms with Gasteiger partial charge in [0.15, 0.2) is 0 Å². The standard InChI is InChI=1S/C20H29NO6S/c1-26-20(23)19-13-16(22)11-12-21(19)28(24,25)18-9-7-17(8-10-18)27-14-15-5-3-2-4-6-15/h7-10,15-16,19,22H,2-6,11-14H2,1H3/t16-,19-/m1/s1. The number of aliphatic hydroxyl groups excluding tert-OH is 1. The summed E-state index contributed by atoms with van der Waals surface area (Å²) in [4.78, 5) is 12.1. The van der Waals surface area contributed by atoms with Crippen molar-refractivity contribution in [2.75, 3.05) is 20.3 Å². The topological polar surface area (TPSA) is 93.1 Å². The minimum Gasteiger partial charge on any atom is -0.493 e. The van der Waals surface area contributed by atoms with E-state index in [1.54, 1.807) is 12.1 Å². The molecule has 1 saturated heterocycles. The van der Waals surface area contributed by atoms with E-state index in [-0.39, 0.29) is 24.3 Å². The Morgan fingerprint density at radius 2 is 1.82 bits per heavy atom. The van der Waals surface area contributed by atoms with Crippen molar-refractivity contribution in [2.24, 2.45) is 5.92 Å². The summed E-state index contributed by atoms with van der Waals surface area (Å²) in [7, 11) is -2.66. The maximum Gasteiger partial charge on any atom is 0.324 e. The number of hydrogen-bond donors (Lipinski definition) is 1. The number of aliphatic hydroxyl groups is 1. The second-order valence-electron chi connectivity index (χ2n) is 7.62. The lowest BCUT2D eigenvalue weighted by Gasteiger charge is -2.34. The summed E-state index contributed by atoms with van der Waals surface area (Å²) in [6, 6.07) is 5.31. The number of hydrogen-bond acceptors (Lipinski definition) is 6. The fourth-order valence-electron chi connectivity index (χ4n) is 3.97. The van der Waals surface area contributed by atoms with Crippen molar-refractivity contribution in [3.05, 3.63) is 24.3 Å². The van der Waals surface area contributed by atoms with Crippen LogP contribution in [-0.2, 0) is 19.6 Å². The quantitative estimate of drug-likeness (QED) is 0.722. The number of piperidine rings is 1. The highest BCUT2D eigenvalue weighted by Gasteiger charge is 2.41. The lowest BCUT2D eigenvalue weighted by atomic mass is 9.90. The highest BCUT2D eigenvalue weighted by Crippen LogP contribution is 2.28. The number of methoxy groups -OCH3 is 1. The Hall–Kier alpha value is -1.64. The van der Waals surface area contributed by atoms with Gasteiger partial charge in [0.1, 0.15) is 11.8 Å². The molecule has 2 fully saturated rings. The molecule has 1 aromatic rings. The van der Waals surface area contributed by atoms with Gasteiger partial charge in [-0.2, -0.15) is 4.31 Å². The van der Waals surface area contributed by atoms with E-state index in [1.807, 2.05) is 0 Å². The molecule has 1 aromatic carbocycles. The molecule has 0 aromatic heterocycles. The van der Waals surface area contributed by atoms with Crippen LogP contribution in [0.3, 0.4) is 0 Å². The number of rotatable bonds is 6. The van der Waals surface area contributed by atoms with E-state index in [9.17, 15) is 18.3 Å². The average Bonchev–Trinajstić information content (AvgIpc) is 2.72. The van der Waals surface area contributed by atoms with Crippen LogP contribution >= 0.6 is 0 Å². The molecule has 0 amide bonds. The molecule has 7 nitrogen and oxygen atoms in total. The summed E-state index contributed by atoms with van der Waals surface area (Å²) in [5, 5.41) is 9.84. The Labute approximate surface area is 166 Å². The van der Waals surface area contributed by atoms with Crippen LogP contribution in [0.25, 0.3) is 0 Å². The fourth-order valence-corrected chi connectivity index (χ4v) is 5.58. The molecule has 2 atom stereocenters. The predicted molar refractivity (Wildman–Crippen MR) is 103 cm³/mol. The normalized spacial score (nSPS) is 24.6. The van der Waals surface area contributed by atoms with E-state index >= 15 is 0 Å². The van der Waals surface area contributed by atoms with Crippen molar-refractivity contribution < 1.29 is 27.8 Å². The molecule has 28 heavy (non-hydrogen) atoms. The van der Waals surface area contributed by atoms with Crippen molar-refractivity contribution >= 4 is 16.0 Å². The smallest absolute Gasteiger partial charge is 0.324 e. The third-order valence-corrected chi connectivity index (χ3v) is 7.56. The van der Waals surface area contributed by atoms with Crippen molar-refractivity contribution in [1.82, 2.24) is 4.31 Å². The molecule has 156 valence electrons. The Kier molecular flexibility index (Phi) is 6.95. The van der Waals surface area contributed by atoms with Crippen LogP contribution in [0.2, 0.25) is 0 Å². The van der Waals surface area contributed by atoms with Crippen molar-refractivity contribution in [3.63, 3.8) is 0 Å². The molecule has 1 aliphatic carbocycles. The van der Waals surface area contributed by atoms with Crippen LogP contribution in [-0.4, -0.2) is 56.2 Å². The molecule has 1 heterocycles. The Balaban J connectivity index is 1.69. The highest BCUT2D eigenvalue weighted by molar-refractivity contribution is 7.89. The Morgan fingerprint density at radius 3 is 2.46 bits per heavy atom. The Bertz CT molecular complexity index is 757. The zero-order valence-electron chi connectivity index (χ0n) is 16.2. The first-order valence-electron chi connectivity index (χ1n) is 9.92. The minimum atomic E-state index is -3.88. The van der Waals surface area contributed by atoms with Gasteiger partial charge in [-0.15, -0.1) is 0 Å². The molecule has 0 radical (unpaired) electrons. The van der Waals surface area contributed by atoms with Crippen LogP contribution in [0.1, 0.15) is 44.9 Å². The van der Waals surface area contributed by atoms with Crippen molar-refractivity contribution in [2.45, 2.75) is 62.0 Å². The minimum absolute atomic E-state index is 0.0362. The van der Waals surface area contributed by atoms with Gasteiger partial charge in [0.25, 0.3) is 0 Å². The molecular formula is C20H29NO6S. The number of ether oxygens (including phenoxy) is 2. The largest absolute Gasteiger partial charge is 0.493 e. The molecule has 2 aliphatic rings. The maximum absolute atomic E-state index is 13.0. The van der Waals surface area contributed by atoms with Gasteiger partial charge in [-0.3, -0.25) is 4.79 Å². The van der Waals surface area contributed by atoms with Crippen molar-refractivity contribution in [1.29, 1.82) is 0 Å². The van der Waals surface area contributed by atoms with E-state index in [0.29, 0.717) is 18.3 Å². The summed E-state index contributed by atoms with van der Waals surface area (Å²) in [5.41, 5.74) is 0. The molecular weight excluding hydrogens is 382 g/mol. The zero-order chi connectivity index (χ0) is 20.1. The molecule has 1 N–H and O–H groups in total. The van der Waals surface area contributed by atoms with E-state index < -0.39 is 28.1 Å². The van der Waals surface area contributed by atoms with E-state index in [2.05, 4.69) is 0 Å². The summed E-state index contributed by atoms with van der Waals surface area (Å²) >= 11 is 0. The van der Waals surface area contributed by atoms with Gasteiger partial charge >= 0.3 is 5.97 Å². The summed E-state index contributed by atoms with van der Waals surface area (Å²) in [6.45, 7) is 0.726. The first-order chi connectivity index (χ1) is 13.4. The molecule has 1 saturated carbocycles. The third kappa shape index (κ3) is 4.85. The molecule has 0 bridgehead atoms. The number of carbonyl (C=O) groups excluding carboxylic acids is 1. The van der Waals surface area contributed by atoms with Gasteiger partial charge in [0, 0.05) is 13.0 Å². The monoisotopic (exact) mass is 411 g/mol. The van der Waals surface area contributed by atoms with Crippen LogP contribution in [0.15, 0.2) is 29.2 Å². The summed E-state index contributed by atoms with van der Waals surface area (Å²) < 4.78 is 37.8. The zero-order valence-corrected chi connectivity index (χ0v) is 17.1. The van der Waals surface area contributed by atoms with E-state index in [0.717, 1.165) is 4.31 Å². The molecule has 3 rings (SSSR count). The SMILES string of the molecule is COC(=O)[C@H]1C[C@H](O)CCN1S(=O)(=O)c1ccc(OCC2CCCCC2)cc1. The first kappa shape index (κ1) is 21.1. The number of esters is 1. The number of nitrogens with zero attached hydrogens (tertiary/aromatic N) is 1. The second-order valence-corrected chi connectivity index (χ2v) is 9.51. The van der Waals surface area contributed by atoms with Gasteiger partial charge in [0.2, 0.25) is 10.0 Å². The highest BCUT2D eigenvalue weighted by atomic mass is 32.2. The fraction of sp³-hybridized carbons (Fsp3) is 0.650. The lowest BCUT2D eigenvalue weighted by Crippen LogP contribution is -2.51. The van der Waals surface area contributed by atoms with Gasteiger partial charge in [-0.05, 0) is 49.4 Å². The average molecular weight is 412 g/mol. The van der Waals surface area contributed by atoms with Crippen LogP contribution in [0, 0.1) is 5.92 Å². The van der Waals surface area contributed by atoms with Crippen LogP contribution in [0.5, 0.6) is 5.75 Å². The van der Waals surface area contributed by atoms with Crippen molar-refractivity contribution in [3.8, 4) is 5.75 Å². The number of sulfonamides is 1. The number of benzene rings is 1.